The summed E-state index contributed by atoms with van der Waals surface area (Å²) >= 11 is 0. The minimum atomic E-state index is 0.00854. The molecule has 108 valence electrons. The van der Waals surface area contributed by atoms with Crippen LogP contribution in [-0.2, 0) is 13.0 Å². The Morgan fingerprint density at radius 3 is 2.40 bits per heavy atom. The van der Waals surface area contributed by atoms with E-state index in [1.54, 1.807) is 0 Å². The fourth-order valence-corrected chi connectivity index (χ4v) is 2.42. The van der Waals surface area contributed by atoms with Crippen LogP contribution in [0.15, 0.2) is 36.7 Å². The highest BCUT2D eigenvalue weighted by Gasteiger charge is 2.11. The van der Waals surface area contributed by atoms with E-state index in [2.05, 4.69) is 54.6 Å². The van der Waals surface area contributed by atoms with Crippen molar-refractivity contribution in [1.82, 2.24) is 9.55 Å². The molecule has 1 aromatic heterocycles. The average molecular weight is 271 g/mol. The molecule has 3 heteroatoms. The molecular weight excluding hydrogens is 246 g/mol. The summed E-state index contributed by atoms with van der Waals surface area (Å²) in [4.78, 5) is 4.43. The normalized spacial score (nSPS) is 12.8. The van der Waals surface area contributed by atoms with Crippen molar-refractivity contribution >= 4 is 0 Å². The molecule has 0 radical (unpaired) electrons. The van der Waals surface area contributed by atoms with Crippen molar-refractivity contribution < 1.29 is 0 Å². The minimum absolute atomic E-state index is 0.00854. The van der Waals surface area contributed by atoms with Gasteiger partial charge in [0.05, 0.1) is 0 Å². The Morgan fingerprint density at radius 1 is 1.15 bits per heavy atom. The van der Waals surface area contributed by atoms with E-state index in [9.17, 15) is 0 Å². The van der Waals surface area contributed by atoms with Gasteiger partial charge in [-0.3, -0.25) is 0 Å². The number of imidazole rings is 1. The first kappa shape index (κ1) is 14.8. The number of nitrogens with zero attached hydrogens (tertiary/aromatic N) is 2. The second-order valence-corrected chi connectivity index (χ2v) is 5.67. The van der Waals surface area contributed by atoms with Gasteiger partial charge in [0.2, 0.25) is 0 Å². The third kappa shape index (κ3) is 3.48. The first-order valence-corrected chi connectivity index (χ1v) is 7.47. The van der Waals surface area contributed by atoms with Crippen LogP contribution in [0.4, 0.5) is 0 Å². The van der Waals surface area contributed by atoms with Crippen molar-refractivity contribution in [3.63, 3.8) is 0 Å². The van der Waals surface area contributed by atoms with Crippen molar-refractivity contribution in [2.24, 2.45) is 5.73 Å². The lowest BCUT2D eigenvalue weighted by atomic mass is 9.98. The Labute approximate surface area is 121 Å². The van der Waals surface area contributed by atoms with Gasteiger partial charge < -0.3 is 10.3 Å². The van der Waals surface area contributed by atoms with Crippen molar-refractivity contribution in [3.8, 4) is 0 Å². The Balaban J connectivity index is 2.07. The third-order valence-corrected chi connectivity index (χ3v) is 3.70. The zero-order chi connectivity index (χ0) is 14.5. The standard InChI is InChI=1S/C17H25N3/c1-4-10-20-11-9-19-17(20)12-16(18)15-7-5-14(6-8-15)13(2)3/h5-9,11,13,16H,4,10,12,18H2,1-3H3. The molecule has 0 fully saturated rings. The SMILES string of the molecule is CCCn1ccnc1CC(N)c1ccc(C(C)C)cc1. The minimum Gasteiger partial charge on any atom is -0.335 e. The second kappa shape index (κ2) is 6.71. The lowest BCUT2D eigenvalue weighted by Gasteiger charge is -2.14. The van der Waals surface area contributed by atoms with Gasteiger partial charge in [0.1, 0.15) is 5.82 Å². The summed E-state index contributed by atoms with van der Waals surface area (Å²) in [7, 11) is 0. The summed E-state index contributed by atoms with van der Waals surface area (Å²) in [5.41, 5.74) is 8.86. The quantitative estimate of drug-likeness (QED) is 0.871. The maximum absolute atomic E-state index is 6.32. The molecule has 0 aliphatic carbocycles. The molecular formula is C17H25N3. The molecule has 0 saturated carbocycles. The van der Waals surface area contributed by atoms with Gasteiger partial charge in [0.15, 0.2) is 0 Å². The molecule has 0 spiro atoms. The molecule has 0 saturated heterocycles. The fraction of sp³-hybridized carbons (Fsp3) is 0.471. The highest BCUT2D eigenvalue weighted by molar-refractivity contribution is 5.27. The number of aryl methyl sites for hydroxylation is 1. The Bertz CT molecular complexity index is 525. The van der Waals surface area contributed by atoms with Crippen LogP contribution in [0.5, 0.6) is 0 Å². The zero-order valence-corrected chi connectivity index (χ0v) is 12.7. The number of aromatic nitrogens is 2. The summed E-state index contributed by atoms with van der Waals surface area (Å²) in [6.07, 6.45) is 5.79. The van der Waals surface area contributed by atoms with E-state index in [1.165, 1.54) is 11.1 Å². The molecule has 0 amide bonds. The fourth-order valence-electron chi connectivity index (χ4n) is 2.42. The predicted molar refractivity (Wildman–Crippen MR) is 83.7 cm³/mol. The molecule has 0 aliphatic rings. The van der Waals surface area contributed by atoms with Gasteiger partial charge in [-0.1, -0.05) is 45.0 Å². The summed E-state index contributed by atoms with van der Waals surface area (Å²) in [6, 6.07) is 8.66. The molecule has 2 rings (SSSR count). The summed E-state index contributed by atoms with van der Waals surface area (Å²) in [5, 5.41) is 0. The second-order valence-electron chi connectivity index (χ2n) is 5.67. The highest BCUT2D eigenvalue weighted by atomic mass is 15.1. The van der Waals surface area contributed by atoms with Crippen LogP contribution in [0.3, 0.4) is 0 Å². The van der Waals surface area contributed by atoms with E-state index in [-0.39, 0.29) is 6.04 Å². The van der Waals surface area contributed by atoms with Crippen LogP contribution < -0.4 is 5.73 Å². The van der Waals surface area contributed by atoms with Crippen LogP contribution in [0.25, 0.3) is 0 Å². The van der Waals surface area contributed by atoms with Crippen molar-refractivity contribution in [3.05, 3.63) is 53.6 Å². The highest BCUT2D eigenvalue weighted by Crippen LogP contribution is 2.19. The number of rotatable bonds is 6. The lowest BCUT2D eigenvalue weighted by Crippen LogP contribution is -2.16. The molecule has 20 heavy (non-hydrogen) atoms. The molecule has 3 nitrogen and oxygen atoms in total. The lowest BCUT2D eigenvalue weighted by molar-refractivity contribution is 0.598. The maximum Gasteiger partial charge on any atom is 0.110 e. The largest absolute Gasteiger partial charge is 0.335 e. The number of hydrogen-bond donors (Lipinski definition) is 1. The van der Waals surface area contributed by atoms with E-state index in [4.69, 9.17) is 5.73 Å². The summed E-state index contributed by atoms with van der Waals surface area (Å²) in [5.74, 6) is 1.64. The van der Waals surface area contributed by atoms with E-state index in [1.807, 2.05) is 12.4 Å². The van der Waals surface area contributed by atoms with E-state index in [0.29, 0.717) is 5.92 Å². The van der Waals surface area contributed by atoms with Crippen LogP contribution in [-0.4, -0.2) is 9.55 Å². The Kier molecular flexibility index (Phi) is 4.96. The molecule has 2 aromatic rings. The molecule has 1 unspecified atom stereocenters. The first-order chi connectivity index (χ1) is 9.61. The van der Waals surface area contributed by atoms with E-state index < -0.39 is 0 Å². The first-order valence-electron chi connectivity index (χ1n) is 7.47. The van der Waals surface area contributed by atoms with Gasteiger partial charge in [0.25, 0.3) is 0 Å². The monoisotopic (exact) mass is 271 g/mol. The zero-order valence-electron chi connectivity index (χ0n) is 12.7. The van der Waals surface area contributed by atoms with Crippen LogP contribution in [0, 0.1) is 0 Å². The van der Waals surface area contributed by atoms with Gasteiger partial charge in [0, 0.05) is 31.4 Å². The van der Waals surface area contributed by atoms with Gasteiger partial charge in [-0.05, 0) is 23.5 Å². The van der Waals surface area contributed by atoms with Gasteiger partial charge in [-0.2, -0.15) is 0 Å². The molecule has 0 bridgehead atoms. The van der Waals surface area contributed by atoms with Crippen molar-refractivity contribution in [2.75, 3.05) is 0 Å². The number of nitrogens with two attached hydrogens (primary N) is 1. The number of hydrogen-bond acceptors (Lipinski definition) is 2. The topological polar surface area (TPSA) is 43.8 Å². The molecule has 1 aromatic carbocycles. The maximum atomic E-state index is 6.32. The van der Waals surface area contributed by atoms with E-state index >= 15 is 0 Å². The predicted octanol–water partition coefficient (Wildman–Crippen LogP) is 3.66. The van der Waals surface area contributed by atoms with Gasteiger partial charge in [-0.25, -0.2) is 4.98 Å². The molecule has 0 aliphatic heterocycles. The van der Waals surface area contributed by atoms with Gasteiger partial charge >= 0.3 is 0 Å². The smallest absolute Gasteiger partial charge is 0.110 e. The summed E-state index contributed by atoms with van der Waals surface area (Å²) < 4.78 is 2.20. The number of benzene rings is 1. The molecule has 1 heterocycles. The third-order valence-electron chi connectivity index (χ3n) is 3.70. The van der Waals surface area contributed by atoms with Gasteiger partial charge in [-0.15, -0.1) is 0 Å². The van der Waals surface area contributed by atoms with Crippen LogP contribution in [0.2, 0.25) is 0 Å². The Morgan fingerprint density at radius 2 is 1.80 bits per heavy atom. The van der Waals surface area contributed by atoms with Crippen LogP contribution in [0.1, 0.15) is 56.1 Å². The van der Waals surface area contributed by atoms with Crippen molar-refractivity contribution in [1.29, 1.82) is 0 Å². The Hall–Kier alpha value is -1.61. The molecule has 1 atom stereocenters. The van der Waals surface area contributed by atoms with Crippen LogP contribution >= 0.6 is 0 Å². The van der Waals surface area contributed by atoms with Crippen molar-refractivity contribution in [2.45, 2.75) is 52.1 Å². The summed E-state index contributed by atoms with van der Waals surface area (Å²) in [6.45, 7) is 7.59. The molecule has 2 N–H and O–H groups in total. The average Bonchev–Trinajstić information content (AvgIpc) is 2.86. The van der Waals surface area contributed by atoms with E-state index in [0.717, 1.165) is 25.2 Å².